The fourth-order valence-corrected chi connectivity index (χ4v) is 1.69. The number of rotatable bonds is 3. The van der Waals surface area contributed by atoms with Crippen LogP contribution in [0.2, 0.25) is 0 Å². The Hall–Kier alpha value is -2.47. The predicted octanol–water partition coefficient (Wildman–Crippen LogP) is 0.830. The van der Waals surface area contributed by atoms with Crippen molar-refractivity contribution in [2.45, 2.75) is 0 Å². The number of anilines is 1. The molecule has 0 bridgehead atoms. The number of carboxylic acid groups (broad SMARTS) is 1. The molecule has 18 heavy (non-hydrogen) atoms. The standard InChI is InChI=1S/C12H11N3O3/c13-6-10(16)15-9-3-1-2-8-7(9)4-5-14-11(8)12(17)18/h1-5H,6,13H2,(H,15,16)(H,17,18). The number of hydrogen-bond donors (Lipinski definition) is 3. The van der Waals surface area contributed by atoms with Crippen LogP contribution < -0.4 is 11.1 Å². The average Bonchev–Trinajstić information content (AvgIpc) is 2.38. The molecule has 1 aromatic carbocycles. The van der Waals surface area contributed by atoms with Crippen molar-refractivity contribution in [3.63, 3.8) is 0 Å². The second kappa shape index (κ2) is 4.80. The summed E-state index contributed by atoms with van der Waals surface area (Å²) in [6.45, 7) is -0.132. The van der Waals surface area contributed by atoms with E-state index in [-0.39, 0.29) is 18.1 Å². The molecule has 92 valence electrons. The number of amides is 1. The van der Waals surface area contributed by atoms with Gasteiger partial charge in [0.05, 0.1) is 6.54 Å². The highest BCUT2D eigenvalue weighted by Gasteiger charge is 2.12. The SMILES string of the molecule is NCC(=O)Nc1cccc2c(C(=O)O)nccc12. The zero-order chi connectivity index (χ0) is 13.1. The molecule has 0 aliphatic heterocycles. The molecule has 1 heterocycles. The summed E-state index contributed by atoms with van der Waals surface area (Å²) < 4.78 is 0. The number of fused-ring (bicyclic) bond motifs is 1. The van der Waals surface area contributed by atoms with E-state index in [1.165, 1.54) is 6.20 Å². The van der Waals surface area contributed by atoms with E-state index in [9.17, 15) is 9.59 Å². The molecule has 0 aliphatic carbocycles. The number of aromatic nitrogens is 1. The minimum absolute atomic E-state index is 0.0450. The molecule has 0 unspecified atom stereocenters. The predicted molar refractivity (Wildman–Crippen MR) is 66.4 cm³/mol. The van der Waals surface area contributed by atoms with Gasteiger partial charge in [-0.15, -0.1) is 0 Å². The molecule has 6 heteroatoms. The van der Waals surface area contributed by atoms with Crippen molar-refractivity contribution >= 4 is 28.3 Å². The van der Waals surface area contributed by atoms with Crippen molar-refractivity contribution in [3.05, 3.63) is 36.2 Å². The van der Waals surface area contributed by atoms with Crippen molar-refractivity contribution in [1.29, 1.82) is 0 Å². The lowest BCUT2D eigenvalue weighted by molar-refractivity contribution is -0.114. The monoisotopic (exact) mass is 245 g/mol. The number of aromatic carboxylic acids is 1. The zero-order valence-electron chi connectivity index (χ0n) is 9.38. The van der Waals surface area contributed by atoms with Crippen LogP contribution in [0.3, 0.4) is 0 Å². The first-order valence-corrected chi connectivity index (χ1v) is 5.24. The second-order valence-electron chi connectivity index (χ2n) is 3.62. The minimum Gasteiger partial charge on any atom is -0.476 e. The van der Waals surface area contributed by atoms with E-state index in [4.69, 9.17) is 10.8 Å². The van der Waals surface area contributed by atoms with Crippen LogP contribution in [0.4, 0.5) is 5.69 Å². The largest absolute Gasteiger partial charge is 0.476 e. The third-order valence-corrected chi connectivity index (χ3v) is 2.47. The fourth-order valence-electron chi connectivity index (χ4n) is 1.69. The maximum absolute atomic E-state index is 11.3. The molecular formula is C12H11N3O3. The summed E-state index contributed by atoms with van der Waals surface area (Å²) >= 11 is 0. The Kier molecular flexibility index (Phi) is 3.20. The van der Waals surface area contributed by atoms with Crippen molar-refractivity contribution in [1.82, 2.24) is 4.98 Å². The third-order valence-electron chi connectivity index (χ3n) is 2.47. The number of carboxylic acids is 1. The molecule has 0 spiro atoms. The summed E-state index contributed by atoms with van der Waals surface area (Å²) in [5, 5.41) is 12.7. The van der Waals surface area contributed by atoms with E-state index in [1.807, 2.05) is 0 Å². The van der Waals surface area contributed by atoms with Gasteiger partial charge in [0.1, 0.15) is 0 Å². The molecule has 1 amide bonds. The van der Waals surface area contributed by atoms with E-state index in [0.717, 1.165) is 0 Å². The van der Waals surface area contributed by atoms with Gasteiger partial charge in [-0.2, -0.15) is 0 Å². The molecule has 0 aliphatic rings. The maximum Gasteiger partial charge on any atom is 0.355 e. The molecule has 2 aromatic rings. The number of benzene rings is 1. The van der Waals surface area contributed by atoms with Crippen LogP contribution in [-0.4, -0.2) is 28.5 Å². The van der Waals surface area contributed by atoms with E-state index in [1.54, 1.807) is 24.3 Å². The van der Waals surface area contributed by atoms with Gasteiger partial charge in [-0.3, -0.25) is 4.79 Å². The van der Waals surface area contributed by atoms with Crippen molar-refractivity contribution in [2.75, 3.05) is 11.9 Å². The van der Waals surface area contributed by atoms with Crippen LogP contribution in [0.25, 0.3) is 10.8 Å². The molecule has 0 saturated carbocycles. The molecule has 6 nitrogen and oxygen atoms in total. The van der Waals surface area contributed by atoms with Gasteiger partial charge in [0.15, 0.2) is 5.69 Å². The summed E-state index contributed by atoms with van der Waals surface area (Å²) in [4.78, 5) is 26.1. The first kappa shape index (κ1) is 12.0. The van der Waals surface area contributed by atoms with Crippen LogP contribution >= 0.6 is 0 Å². The summed E-state index contributed by atoms with van der Waals surface area (Å²) in [5.41, 5.74) is 5.70. The Bertz CT molecular complexity index is 625. The van der Waals surface area contributed by atoms with Crippen LogP contribution in [0.15, 0.2) is 30.5 Å². The molecule has 0 radical (unpaired) electrons. The number of nitrogens with two attached hydrogens (primary N) is 1. The number of nitrogens with one attached hydrogen (secondary N) is 1. The smallest absolute Gasteiger partial charge is 0.355 e. The summed E-state index contributed by atoms with van der Waals surface area (Å²) in [6.07, 6.45) is 1.39. The van der Waals surface area contributed by atoms with Crippen LogP contribution in [-0.2, 0) is 4.79 Å². The van der Waals surface area contributed by atoms with Gasteiger partial charge in [-0.25, -0.2) is 9.78 Å². The van der Waals surface area contributed by atoms with Gasteiger partial charge < -0.3 is 16.2 Å². The quantitative estimate of drug-likeness (QED) is 0.742. The highest BCUT2D eigenvalue weighted by atomic mass is 16.4. The Labute approximate surface area is 102 Å². The Morgan fingerprint density at radius 2 is 2.06 bits per heavy atom. The first-order chi connectivity index (χ1) is 8.63. The van der Waals surface area contributed by atoms with Crippen molar-refractivity contribution < 1.29 is 14.7 Å². The fraction of sp³-hybridized carbons (Fsp3) is 0.0833. The van der Waals surface area contributed by atoms with Gasteiger partial charge in [0.25, 0.3) is 0 Å². The van der Waals surface area contributed by atoms with E-state index in [2.05, 4.69) is 10.3 Å². The van der Waals surface area contributed by atoms with Crippen molar-refractivity contribution in [2.24, 2.45) is 5.73 Å². The minimum atomic E-state index is -1.11. The maximum atomic E-state index is 11.3. The average molecular weight is 245 g/mol. The normalized spacial score (nSPS) is 10.3. The topological polar surface area (TPSA) is 105 Å². The zero-order valence-corrected chi connectivity index (χ0v) is 9.38. The van der Waals surface area contributed by atoms with Crippen LogP contribution in [0.5, 0.6) is 0 Å². The number of nitrogens with zero attached hydrogens (tertiary/aromatic N) is 1. The molecule has 2 rings (SSSR count). The number of pyridine rings is 1. The molecule has 0 atom stereocenters. The number of carbonyl (C=O) groups excluding carboxylic acids is 1. The van der Waals surface area contributed by atoms with Gasteiger partial charge in [0.2, 0.25) is 5.91 Å². The molecule has 0 fully saturated rings. The third kappa shape index (κ3) is 2.14. The van der Waals surface area contributed by atoms with E-state index >= 15 is 0 Å². The number of hydrogen-bond acceptors (Lipinski definition) is 4. The molecule has 4 N–H and O–H groups in total. The van der Waals surface area contributed by atoms with Crippen molar-refractivity contribution in [3.8, 4) is 0 Å². The first-order valence-electron chi connectivity index (χ1n) is 5.24. The van der Waals surface area contributed by atoms with Crippen LogP contribution in [0.1, 0.15) is 10.5 Å². The van der Waals surface area contributed by atoms with Gasteiger partial charge in [-0.1, -0.05) is 12.1 Å². The Morgan fingerprint density at radius 1 is 1.28 bits per heavy atom. The Balaban J connectivity index is 2.60. The van der Waals surface area contributed by atoms with E-state index in [0.29, 0.717) is 16.5 Å². The lowest BCUT2D eigenvalue weighted by Gasteiger charge is -2.08. The van der Waals surface area contributed by atoms with Gasteiger partial charge in [-0.05, 0) is 12.1 Å². The summed E-state index contributed by atoms with van der Waals surface area (Å²) in [5.74, 6) is -1.45. The van der Waals surface area contributed by atoms with Gasteiger partial charge >= 0.3 is 5.97 Å². The number of carbonyl (C=O) groups is 2. The highest BCUT2D eigenvalue weighted by Crippen LogP contribution is 2.24. The molecule has 1 aromatic heterocycles. The highest BCUT2D eigenvalue weighted by molar-refractivity contribution is 6.08. The lowest BCUT2D eigenvalue weighted by Crippen LogP contribution is -2.22. The lowest BCUT2D eigenvalue weighted by atomic mass is 10.1. The van der Waals surface area contributed by atoms with Gasteiger partial charge in [0, 0.05) is 22.7 Å². The molecule has 0 saturated heterocycles. The summed E-state index contributed by atoms with van der Waals surface area (Å²) in [7, 11) is 0. The summed E-state index contributed by atoms with van der Waals surface area (Å²) in [6, 6.07) is 6.63. The van der Waals surface area contributed by atoms with E-state index < -0.39 is 5.97 Å². The van der Waals surface area contributed by atoms with Crippen LogP contribution in [0, 0.1) is 0 Å². The molecular weight excluding hydrogens is 234 g/mol. The Morgan fingerprint density at radius 3 is 2.72 bits per heavy atom. The second-order valence-corrected chi connectivity index (χ2v) is 3.62.